The second-order valence-corrected chi connectivity index (χ2v) is 7.38. The predicted molar refractivity (Wildman–Crippen MR) is 100 cm³/mol. The molecule has 1 saturated heterocycles. The largest absolute Gasteiger partial charge is 0.492 e. The Hall–Kier alpha value is -2.08. The number of benzene rings is 1. The zero-order valence-corrected chi connectivity index (χ0v) is 15.5. The van der Waals surface area contributed by atoms with Crippen LogP contribution in [0.25, 0.3) is 0 Å². The molecule has 26 heavy (non-hydrogen) atoms. The number of carbonyl (C=O) groups excluding carboxylic acids is 2. The molecule has 2 amide bonds. The van der Waals surface area contributed by atoms with Gasteiger partial charge in [-0.05, 0) is 37.5 Å². The van der Waals surface area contributed by atoms with Crippen LogP contribution in [-0.4, -0.2) is 49.0 Å². The molecule has 0 radical (unpaired) electrons. The first-order valence-electron chi connectivity index (χ1n) is 9.59. The first-order chi connectivity index (χ1) is 12.6. The van der Waals surface area contributed by atoms with E-state index in [-0.39, 0.29) is 17.7 Å². The normalized spacial score (nSPS) is 20.6. The van der Waals surface area contributed by atoms with Gasteiger partial charge < -0.3 is 20.7 Å². The third kappa shape index (κ3) is 4.36. The summed E-state index contributed by atoms with van der Waals surface area (Å²) in [7, 11) is 0. The molecule has 1 aromatic carbocycles. The summed E-state index contributed by atoms with van der Waals surface area (Å²) in [4.78, 5) is 26.8. The Morgan fingerprint density at radius 1 is 1.35 bits per heavy atom. The van der Waals surface area contributed by atoms with Crippen molar-refractivity contribution in [2.45, 2.75) is 45.1 Å². The lowest BCUT2D eigenvalue weighted by atomic mass is 10.1. The van der Waals surface area contributed by atoms with Crippen molar-refractivity contribution < 1.29 is 14.3 Å². The van der Waals surface area contributed by atoms with Crippen LogP contribution in [0.15, 0.2) is 18.2 Å². The number of aryl methyl sites for hydroxylation is 1. The van der Waals surface area contributed by atoms with Crippen molar-refractivity contribution >= 4 is 11.8 Å². The van der Waals surface area contributed by atoms with E-state index in [9.17, 15) is 9.59 Å². The van der Waals surface area contributed by atoms with Crippen LogP contribution < -0.4 is 15.8 Å². The van der Waals surface area contributed by atoms with Gasteiger partial charge in [-0.3, -0.25) is 9.59 Å². The summed E-state index contributed by atoms with van der Waals surface area (Å²) in [5, 5.41) is 2.98. The summed E-state index contributed by atoms with van der Waals surface area (Å²) in [5.74, 6) is 0.996. The molecule has 2 fully saturated rings. The summed E-state index contributed by atoms with van der Waals surface area (Å²) in [6.07, 6.45) is 5.23. The fourth-order valence-electron chi connectivity index (χ4n) is 3.92. The van der Waals surface area contributed by atoms with Crippen LogP contribution in [-0.2, 0) is 4.79 Å². The van der Waals surface area contributed by atoms with Crippen molar-refractivity contribution in [1.82, 2.24) is 10.2 Å². The third-order valence-electron chi connectivity index (χ3n) is 5.38. The molecule has 142 valence electrons. The molecular weight excluding hydrogens is 330 g/mol. The smallest absolute Gasteiger partial charge is 0.251 e. The SMILES string of the molecule is Cc1ccc(C(=O)NC[C@H]2CC(=O)N(C3CCCC3)C2)cc1OCCN. The van der Waals surface area contributed by atoms with Gasteiger partial charge in [-0.25, -0.2) is 0 Å². The van der Waals surface area contributed by atoms with Crippen LogP contribution in [0.3, 0.4) is 0 Å². The zero-order chi connectivity index (χ0) is 18.5. The van der Waals surface area contributed by atoms with E-state index in [1.807, 2.05) is 17.9 Å². The second-order valence-electron chi connectivity index (χ2n) is 7.38. The van der Waals surface area contributed by atoms with Crippen LogP contribution in [0.5, 0.6) is 5.75 Å². The van der Waals surface area contributed by atoms with E-state index in [0.29, 0.717) is 43.5 Å². The Kier molecular flexibility index (Phi) is 6.14. The molecule has 1 saturated carbocycles. The number of carbonyl (C=O) groups is 2. The van der Waals surface area contributed by atoms with Gasteiger partial charge in [-0.15, -0.1) is 0 Å². The second kappa shape index (κ2) is 8.54. The quantitative estimate of drug-likeness (QED) is 0.778. The van der Waals surface area contributed by atoms with Gasteiger partial charge in [0.25, 0.3) is 5.91 Å². The Morgan fingerprint density at radius 2 is 2.12 bits per heavy atom. The topological polar surface area (TPSA) is 84.7 Å². The number of nitrogens with one attached hydrogen (secondary N) is 1. The Morgan fingerprint density at radius 3 is 2.85 bits per heavy atom. The molecule has 6 heteroatoms. The highest BCUT2D eigenvalue weighted by Gasteiger charge is 2.35. The molecule has 0 bridgehead atoms. The van der Waals surface area contributed by atoms with Gasteiger partial charge in [0.15, 0.2) is 0 Å². The number of hydrogen-bond donors (Lipinski definition) is 2. The molecule has 3 rings (SSSR count). The maximum absolute atomic E-state index is 12.5. The van der Waals surface area contributed by atoms with E-state index in [1.54, 1.807) is 12.1 Å². The summed E-state index contributed by atoms with van der Waals surface area (Å²) in [5.41, 5.74) is 7.02. The highest BCUT2D eigenvalue weighted by molar-refractivity contribution is 5.94. The van der Waals surface area contributed by atoms with Crippen LogP contribution >= 0.6 is 0 Å². The molecule has 0 aromatic heterocycles. The molecule has 1 aliphatic heterocycles. The Balaban J connectivity index is 1.53. The maximum atomic E-state index is 12.5. The van der Waals surface area contributed by atoms with Crippen molar-refractivity contribution in [3.05, 3.63) is 29.3 Å². The number of ether oxygens (including phenoxy) is 1. The average Bonchev–Trinajstić information content (AvgIpc) is 3.28. The van der Waals surface area contributed by atoms with Crippen LogP contribution in [0.1, 0.15) is 48.0 Å². The van der Waals surface area contributed by atoms with E-state index in [2.05, 4.69) is 5.32 Å². The Bertz CT molecular complexity index is 656. The fraction of sp³-hybridized carbons (Fsp3) is 0.600. The molecule has 3 N–H and O–H groups in total. The van der Waals surface area contributed by atoms with Crippen LogP contribution in [0.2, 0.25) is 0 Å². The molecule has 1 heterocycles. The summed E-state index contributed by atoms with van der Waals surface area (Å²) in [6, 6.07) is 5.85. The number of likely N-dealkylation sites (tertiary alicyclic amines) is 1. The van der Waals surface area contributed by atoms with E-state index < -0.39 is 0 Å². The molecule has 0 spiro atoms. The summed E-state index contributed by atoms with van der Waals surface area (Å²) < 4.78 is 5.58. The highest BCUT2D eigenvalue weighted by atomic mass is 16.5. The summed E-state index contributed by atoms with van der Waals surface area (Å²) >= 11 is 0. The lowest BCUT2D eigenvalue weighted by Crippen LogP contribution is -2.36. The highest BCUT2D eigenvalue weighted by Crippen LogP contribution is 2.29. The molecular formula is C20H29N3O3. The molecule has 1 aliphatic carbocycles. The van der Waals surface area contributed by atoms with Gasteiger partial charge in [0.1, 0.15) is 12.4 Å². The first-order valence-corrected chi connectivity index (χ1v) is 9.59. The van der Waals surface area contributed by atoms with E-state index in [1.165, 1.54) is 12.8 Å². The number of nitrogens with two attached hydrogens (primary N) is 1. The molecule has 6 nitrogen and oxygen atoms in total. The van der Waals surface area contributed by atoms with Crippen LogP contribution in [0.4, 0.5) is 0 Å². The van der Waals surface area contributed by atoms with Crippen molar-refractivity contribution in [3.63, 3.8) is 0 Å². The lowest BCUT2D eigenvalue weighted by molar-refractivity contribution is -0.129. The van der Waals surface area contributed by atoms with Crippen LogP contribution in [0, 0.1) is 12.8 Å². The number of rotatable bonds is 7. The van der Waals surface area contributed by atoms with Gasteiger partial charge in [0.2, 0.25) is 5.91 Å². The molecule has 1 atom stereocenters. The predicted octanol–water partition coefficient (Wildman–Crippen LogP) is 1.85. The van der Waals surface area contributed by atoms with Crippen molar-refractivity contribution in [2.75, 3.05) is 26.2 Å². The minimum absolute atomic E-state index is 0.130. The Labute approximate surface area is 155 Å². The van der Waals surface area contributed by atoms with Gasteiger partial charge in [-0.2, -0.15) is 0 Å². The first kappa shape index (κ1) is 18.7. The van der Waals surface area contributed by atoms with E-state index >= 15 is 0 Å². The monoisotopic (exact) mass is 359 g/mol. The summed E-state index contributed by atoms with van der Waals surface area (Å²) in [6.45, 7) is 4.09. The van der Waals surface area contributed by atoms with Gasteiger partial charge in [0, 0.05) is 43.6 Å². The fourth-order valence-corrected chi connectivity index (χ4v) is 3.92. The zero-order valence-electron chi connectivity index (χ0n) is 15.5. The van der Waals surface area contributed by atoms with Crippen molar-refractivity contribution in [3.8, 4) is 5.75 Å². The number of amides is 2. The lowest BCUT2D eigenvalue weighted by Gasteiger charge is -2.24. The molecule has 2 aliphatic rings. The molecule has 1 aromatic rings. The van der Waals surface area contributed by atoms with Gasteiger partial charge in [-0.1, -0.05) is 18.9 Å². The number of hydrogen-bond acceptors (Lipinski definition) is 4. The van der Waals surface area contributed by atoms with Crippen molar-refractivity contribution in [1.29, 1.82) is 0 Å². The minimum Gasteiger partial charge on any atom is -0.492 e. The van der Waals surface area contributed by atoms with Gasteiger partial charge >= 0.3 is 0 Å². The maximum Gasteiger partial charge on any atom is 0.251 e. The minimum atomic E-state index is -0.130. The average molecular weight is 359 g/mol. The molecule has 0 unspecified atom stereocenters. The van der Waals surface area contributed by atoms with Crippen molar-refractivity contribution in [2.24, 2.45) is 11.7 Å². The third-order valence-corrected chi connectivity index (χ3v) is 5.38. The van der Waals surface area contributed by atoms with Gasteiger partial charge in [0.05, 0.1) is 0 Å². The van der Waals surface area contributed by atoms with E-state index in [0.717, 1.165) is 24.9 Å². The standard InChI is InChI=1S/C20H29N3O3/c1-14-6-7-16(11-18(14)26-9-8-21)20(25)22-12-15-10-19(24)23(13-15)17-4-2-3-5-17/h6-7,11,15,17H,2-5,8-10,12-13,21H2,1H3,(H,22,25)/t15-/m1/s1. The van der Waals surface area contributed by atoms with E-state index in [4.69, 9.17) is 10.5 Å². The number of nitrogens with zero attached hydrogens (tertiary/aromatic N) is 1.